The second-order valence-corrected chi connectivity index (χ2v) is 5.57. The Hall–Kier alpha value is -1.79. The summed E-state index contributed by atoms with van der Waals surface area (Å²) >= 11 is 5.92. The van der Waals surface area contributed by atoms with E-state index < -0.39 is 0 Å². The van der Waals surface area contributed by atoms with Gasteiger partial charge in [0.15, 0.2) is 0 Å². The number of hydrogen-bond acceptors (Lipinski definition) is 4. The summed E-state index contributed by atoms with van der Waals surface area (Å²) in [5, 5.41) is 3.21. The highest BCUT2D eigenvalue weighted by atomic mass is 35.5. The Morgan fingerprint density at radius 3 is 2.50 bits per heavy atom. The van der Waals surface area contributed by atoms with E-state index in [-0.39, 0.29) is 18.4 Å². The van der Waals surface area contributed by atoms with Gasteiger partial charge in [-0.15, -0.1) is 0 Å². The number of carbonyl (C=O) groups excluding carboxylic acids is 2. The zero-order chi connectivity index (χ0) is 16.7. The van der Waals surface area contributed by atoms with Crippen molar-refractivity contribution in [2.75, 3.05) is 46.2 Å². The number of anilines is 1. The molecule has 0 aliphatic heterocycles. The standard InChI is InChI=1S/C15H22ClN3O3/c1-11(20)19(8-7-18(2)3)10-15(21)17-13-9-12(16)5-6-14(13)22-4/h5-6,9H,7-8,10H2,1-4H3,(H,17,21). The molecule has 1 rings (SSSR count). The van der Waals surface area contributed by atoms with Crippen molar-refractivity contribution in [1.29, 1.82) is 0 Å². The maximum atomic E-state index is 12.1. The van der Waals surface area contributed by atoms with Gasteiger partial charge in [-0.25, -0.2) is 0 Å². The molecule has 0 radical (unpaired) electrons. The van der Waals surface area contributed by atoms with Crippen LogP contribution >= 0.6 is 11.6 Å². The molecule has 1 aromatic carbocycles. The van der Waals surface area contributed by atoms with Crippen LogP contribution in [0.5, 0.6) is 5.75 Å². The molecule has 22 heavy (non-hydrogen) atoms. The number of rotatable bonds is 7. The van der Waals surface area contributed by atoms with Crippen LogP contribution < -0.4 is 10.1 Å². The Kier molecular flexibility index (Phi) is 7.14. The van der Waals surface area contributed by atoms with E-state index in [2.05, 4.69) is 5.32 Å². The molecule has 6 nitrogen and oxygen atoms in total. The van der Waals surface area contributed by atoms with Gasteiger partial charge in [0.2, 0.25) is 11.8 Å². The molecule has 0 spiro atoms. The largest absolute Gasteiger partial charge is 0.495 e. The fourth-order valence-corrected chi connectivity index (χ4v) is 1.98. The quantitative estimate of drug-likeness (QED) is 0.828. The third-order valence-corrected chi connectivity index (χ3v) is 3.27. The Morgan fingerprint density at radius 2 is 1.95 bits per heavy atom. The van der Waals surface area contributed by atoms with Crippen LogP contribution in [0.1, 0.15) is 6.92 Å². The van der Waals surface area contributed by atoms with Crippen molar-refractivity contribution in [1.82, 2.24) is 9.80 Å². The van der Waals surface area contributed by atoms with Crippen molar-refractivity contribution in [3.8, 4) is 5.75 Å². The highest BCUT2D eigenvalue weighted by molar-refractivity contribution is 6.31. The number of ether oxygens (including phenoxy) is 1. The molecule has 0 saturated heterocycles. The van der Waals surface area contributed by atoms with Gasteiger partial charge in [-0.05, 0) is 32.3 Å². The third-order valence-electron chi connectivity index (χ3n) is 3.03. The van der Waals surface area contributed by atoms with E-state index in [0.717, 1.165) is 0 Å². The zero-order valence-corrected chi connectivity index (χ0v) is 14.1. The first kappa shape index (κ1) is 18.3. The van der Waals surface area contributed by atoms with Gasteiger partial charge in [0.25, 0.3) is 0 Å². The number of likely N-dealkylation sites (N-methyl/N-ethyl adjacent to an activating group) is 1. The predicted molar refractivity (Wildman–Crippen MR) is 87.4 cm³/mol. The van der Waals surface area contributed by atoms with Gasteiger partial charge in [0, 0.05) is 25.0 Å². The van der Waals surface area contributed by atoms with Gasteiger partial charge in [-0.1, -0.05) is 11.6 Å². The minimum Gasteiger partial charge on any atom is -0.495 e. The van der Waals surface area contributed by atoms with Crippen LogP contribution in [-0.4, -0.2) is 62.5 Å². The van der Waals surface area contributed by atoms with E-state index in [1.165, 1.54) is 18.9 Å². The van der Waals surface area contributed by atoms with Crippen LogP contribution in [0.2, 0.25) is 5.02 Å². The number of benzene rings is 1. The van der Waals surface area contributed by atoms with Gasteiger partial charge in [-0.3, -0.25) is 9.59 Å². The maximum absolute atomic E-state index is 12.1. The molecule has 0 fully saturated rings. The van der Waals surface area contributed by atoms with Crippen molar-refractivity contribution < 1.29 is 14.3 Å². The molecule has 0 aliphatic carbocycles. The fraction of sp³-hybridized carbons (Fsp3) is 0.467. The van der Waals surface area contributed by atoms with Crippen molar-refractivity contribution in [3.63, 3.8) is 0 Å². The predicted octanol–water partition coefficient (Wildman–Crippen LogP) is 1.70. The van der Waals surface area contributed by atoms with E-state index >= 15 is 0 Å². The number of nitrogens with one attached hydrogen (secondary N) is 1. The van der Waals surface area contributed by atoms with E-state index in [9.17, 15) is 9.59 Å². The first-order valence-corrected chi connectivity index (χ1v) is 7.25. The van der Waals surface area contributed by atoms with E-state index in [0.29, 0.717) is 29.5 Å². The summed E-state index contributed by atoms with van der Waals surface area (Å²) in [6.07, 6.45) is 0. The van der Waals surface area contributed by atoms with Crippen molar-refractivity contribution in [2.24, 2.45) is 0 Å². The Morgan fingerprint density at radius 1 is 1.27 bits per heavy atom. The van der Waals surface area contributed by atoms with Gasteiger partial charge < -0.3 is 19.9 Å². The van der Waals surface area contributed by atoms with E-state index in [1.807, 2.05) is 19.0 Å². The molecule has 1 N–H and O–H groups in total. The highest BCUT2D eigenvalue weighted by Gasteiger charge is 2.15. The van der Waals surface area contributed by atoms with Gasteiger partial charge in [-0.2, -0.15) is 0 Å². The highest BCUT2D eigenvalue weighted by Crippen LogP contribution is 2.27. The number of hydrogen-bond donors (Lipinski definition) is 1. The fourth-order valence-electron chi connectivity index (χ4n) is 1.81. The molecule has 0 aromatic heterocycles. The van der Waals surface area contributed by atoms with Crippen LogP contribution in [0.3, 0.4) is 0 Å². The molecule has 2 amide bonds. The topological polar surface area (TPSA) is 61.9 Å². The first-order valence-electron chi connectivity index (χ1n) is 6.87. The average molecular weight is 328 g/mol. The number of amides is 2. The van der Waals surface area contributed by atoms with Crippen LogP contribution in [-0.2, 0) is 9.59 Å². The SMILES string of the molecule is COc1ccc(Cl)cc1NC(=O)CN(CCN(C)C)C(C)=O. The Bertz CT molecular complexity index is 535. The summed E-state index contributed by atoms with van der Waals surface area (Å²) in [7, 11) is 5.34. The lowest BCUT2D eigenvalue weighted by Gasteiger charge is -2.22. The van der Waals surface area contributed by atoms with Crippen LogP contribution in [0.4, 0.5) is 5.69 Å². The summed E-state index contributed by atoms with van der Waals surface area (Å²) in [4.78, 5) is 27.2. The maximum Gasteiger partial charge on any atom is 0.244 e. The molecule has 0 atom stereocenters. The second kappa shape index (κ2) is 8.60. The molecular weight excluding hydrogens is 306 g/mol. The van der Waals surface area contributed by atoms with Crippen molar-refractivity contribution >= 4 is 29.1 Å². The number of carbonyl (C=O) groups is 2. The van der Waals surface area contributed by atoms with Crippen LogP contribution in [0.25, 0.3) is 0 Å². The summed E-state index contributed by atoms with van der Waals surface area (Å²) in [5.41, 5.74) is 0.483. The van der Waals surface area contributed by atoms with Crippen LogP contribution in [0.15, 0.2) is 18.2 Å². The monoisotopic (exact) mass is 327 g/mol. The van der Waals surface area contributed by atoms with Gasteiger partial charge in [0.05, 0.1) is 19.3 Å². The van der Waals surface area contributed by atoms with Crippen molar-refractivity contribution in [2.45, 2.75) is 6.92 Å². The lowest BCUT2D eigenvalue weighted by molar-refractivity contribution is -0.132. The molecule has 1 aromatic rings. The smallest absolute Gasteiger partial charge is 0.244 e. The van der Waals surface area contributed by atoms with Gasteiger partial charge >= 0.3 is 0 Å². The summed E-state index contributed by atoms with van der Waals surface area (Å²) < 4.78 is 5.17. The summed E-state index contributed by atoms with van der Waals surface area (Å²) in [5.74, 6) is 0.0741. The molecule has 0 heterocycles. The molecular formula is C15H22ClN3O3. The van der Waals surface area contributed by atoms with E-state index in [1.54, 1.807) is 18.2 Å². The molecule has 0 saturated carbocycles. The third kappa shape index (κ3) is 5.91. The first-order chi connectivity index (χ1) is 10.3. The minimum atomic E-state index is -0.297. The molecule has 122 valence electrons. The Labute approximate surface area is 136 Å². The number of halogens is 1. The normalized spacial score (nSPS) is 10.5. The molecule has 0 bridgehead atoms. The Balaban J connectivity index is 2.71. The molecule has 0 unspecified atom stereocenters. The van der Waals surface area contributed by atoms with Gasteiger partial charge in [0.1, 0.15) is 5.75 Å². The lowest BCUT2D eigenvalue weighted by Crippen LogP contribution is -2.40. The van der Waals surface area contributed by atoms with Crippen molar-refractivity contribution in [3.05, 3.63) is 23.2 Å². The molecule has 7 heteroatoms. The molecule has 0 aliphatic rings. The minimum absolute atomic E-state index is 0.0150. The lowest BCUT2D eigenvalue weighted by atomic mass is 10.3. The number of nitrogens with zero attached hydrogens (tertiary/aromatic N) is 2. The van der Waals surface area contributed by atoms with E-state index in [4.69, 9.17) is 16.3 Å². The average Bonchev–Trinajstić information content (AvgIpc) is 2.43. The number of methoxy groups -OCH3 is 1. The zero-order valence-electron chi connectivity index (χ0n) is 13.4. The summed E-state index contributed by atoms with van der Waals surface area (Å²) in [6, 6.07) is 4.96. The van der Waals surface area contributed by atoms with Crippen LogP contribution in [0, 0.1) is 0 Å². The summed E-state index contributed by atoms with van der Waals surface area (Å²) in [6.45, 7) is 2.61. The second-order valence-electron chi connectivity index (χ2n) is 5.14.